The molecule has 1 N–H and O–H groups in total. The van der Waals surface area contributed by atoms with Crippen LogP contribution in [0.15, 0.2) is 77.1 Å². The lowest BCUT2D eigenvalue weighted by molar-refractivity contribution is -0.140. The number of allylic oxidation sites excluding steroid dienone is 3. The fourth-order valence-corrected chi connectivity index (χ4v) is 5.09. The van der Waals surface area contributed by atoms with Gasteiger partial charge >= 0.3 is 5.97 Å². The first-order chi connectivity index (χ1) is 14.7. The molecule has 1 aliphatic carbocycles. The number of carbonyl (C=O) groups excluding carboxylic acids is 2. The average Bonchev–Trinajstić information content (AvgIpc) is 2.71. The number of halogens is 1. The van der Waals surface area contributed by atoms with E-state index in [1.807, 2.05) is 61.5 Å². The Balaban J connectivity index is 1.74. The molecule has 0 radical (unpaired) electrons. The van der Waals surface area contributed by atoms with Crippen molar-refractivity contribution >= 4 is 34.3 Å². The molecule has 31 heavy (non-hydrogen) atoms. The quantitative estimate of drug-likeness (QED) is 0.413. The number of esters is 1. The number of carbonyl (C=O) groups is 2. The first-order valence-electron chi connectivity index (χ1n) is 10.5. The van der Waals surface area contributed by atoms with Crippen LogP contribution in [0.25, 0.3) is 0 Å². The molecule has 0 bridgehead atoms. The molecule has 160 valence electrons. The highest BCUT2D eigenvalue weighted by molar-refractivity contribution is 14.1. The number of hydrogen-bond donors (Lipinski definition) is 1. The minimum Gasteiger partial charge on any atom is -0.457 e. The summed E-state index contributed by atoms with van der Waals surface area (Å²) < 4.78 is 6.77. The van der Waals surface area contributed by atoms with Crippen molar-refractivity contribution in [3.63, 3.8) is 0 Å². The van der Waals surface area contributed by atoms with Crippen LogP contribution in [0.5, 0.6) is 0 Å². The van der Waals surface area contributed by atoms with Gasteiger partial charge in [0.1, 0.15) is 6.61 Å². The molecular formula is C26H26INO3. The molecule has 0 aromatic heterocycles. The third-order valence-corrected chi connectivity index (χ3v) is 6.53. The highest BCUT2D eigenvalue weighted by Crippen LogP contribution is 2.46. The van der Waals surface area contributed by atoms with E-state index < -0.39 is 5.92 Å². The number of ether oxygens (including phenoxy) is 1. The van der Waals surface area contributed by atoms with Gasteiger partial charge in [-0.1, -0.05) is 56.3 Å². The molecule has 5 heteroatoms. The van der Waals surface area contributed by atoms with E-state index >= 15 is 0 Å². The Morgan fingerprint density at radius 3 is 2.58 bits per heavy atom. The molecule has 2 aliphatic rings. The Morgan fingerprint density at radius 2 is 1.87 bits per heavy atom. The maximum absolute atomic E-state index is 13.3. The Labute approximate surface area is 196 Å². The molecular weight excluding hydrogens is 501 g/mol. The van der Waals surface area contributed by atoms with E-state index in [9.17, 15) is 9.59 Å². The minimum absolute atomic E-state index is 0.100. The third kappa shape index (κ3) is 4.61. The van der Waals surface area contributed by atoms with Crippen molar-refractivity contribution in [3.8, 4) is 0 Å². The molecule has 2 aromatic carbocycles. The molecule has 0 unspecified atom stereocenters. The number of dihydropyridines is 1. The summed E-state index contributed by atoms with van der Waals surface area (Å²) in [6.45, 7) is 6.32. The van der Waals surface area contributed by atoms with Crippen LogP contribution in [-0.4, -0.2) is 11.8 Å². The topological polar surface area (TPSA) is 55.4 Å². The third-order valence-electron chi connectivity index (χ3n) is 5.85. The van der Waals surface area contributed by atoms with Gasteiger partial charge in [-0.15, -0.1) is 0 Å². The van der Waals surface area contributed by atoms with E-state index in [0.717, 1.165) is 32.5 Å². The second-order valence-corrected chi connectivity index (χ2v) is 10.3. The summed E-state index contributed by atoms with van der Waals surface area (Å²) in [5.74, 6) is -0.705. The second kappa shape index (κ2) is 8.61. The molecule has 1 atom stereocenters. The van der Waals surface area contributed by atoms with Crippen molar-refractivity contribution < 1.29 is 14.3 Å². The summed E-state index contributed by atoms with van der Waals surface area (Å²) in [5.41, 5.74) is 4.68. The summed E-state index contributed by atoms with van der Waals surface area (Å²) in [6, 6.07) is 17.7. The Morgan fingerprint density at radius 1 is 1.13 bits per heavy atom. The maximum atomic E-state index is 13.3. The number of rotatable bonds is 4. The van der Waals surface area contributed by atoms with E-state index in [-0.39, 0.29) is 23.8 Å². The van der Waals surface area contributed by atoms with Crippen LogP contribution in [0.4, 0.5) is 0 Å². The van der Waals surface area contributed by atoms with Crippen LogP contribution in [0.1, 0.15) is 50.7 Å². The molecule has 0 amide bonds. The summed E-state index contributed by atoms with van der Waals surface area (Å²) in [6.07, 6.45) is 1.25. The van der Waals surface area contributed by atoms with Crippen molar-refractivity contribution in [2.24, 2.45) is 5.41 Å². The van der Waals surface area contributed by atoms with Gasteiger partial charge in [0.2, 0.25) is 0 Å². The molecule has 4 rings (SSSR count). The number of Topliss-reactive ketones (excluding diaryl/α,β-unsaturated/α-hetero) is 1. The summed E-state index contributed by atoms with van der Waals surface area (Å²) in [5, 5.41) is 3.38. The second-order valence-electron chi connectivity index (χ2n) is 9.05. The van der Waals surface area contributed by atoms with E-state index in [1.165, 1.54) is 0 Å². The van der Waals surface area contributed by atoms with E-state index in [4.69, 9.17) is 4.74 Å². The Hall–Kier alpha value is -2.41. The normalized spacial score (nSPS) is 20.3. The Bertz CT molecular complexity index is 1100. The van der Waals surface area contributed by atoms with Crippen molar-refractivity contribution in [2.45, 2.75) is 46.1 Å². The molecule has 0 fully saturated rings. The van der Waals surface area contributed by atoms with Crippen LogP contribution < -0.4 is 5.32 Å². The van der Waals surface area contributed by atoms with Crippen LogP contribution in [-0.2, 0) is 20.9 Å². The van der Waals surface area contributed by atoms with Crippen LogP contribution >= 0.6 is 22.6 Å². The van der Waals surface area contributed by atoms with Crippen molar-refractivity contribution in [2.75, 3.05) is 0 Å². The molecule has 2 aromatic rings. The summed E-state index contributed by atoms with van der Waals surface area (Å²) >= 11 is 2.27. The summed E-state index contributed by atoms with van der Waals surface area (Å²) in [4.78, 5) is 26.6. The van der Waals surface area contributed by atoms with Crippen molar-refractivity contribution in [1.29, 1.82) is 0 Å². The Kier molecular flexibility index (Phi) is 6.06. The smallest absolute Gasteiger partial charge is 0.337 e. The fourth-order valence-electron chi connectivity index (χ4n) is 4.53. The molecule has 1 heterocycles. The molecule has 0 saturated carbocycles. The lowest BCUT2D eigenvalue weighted by Gasteiger charge is -2.39. The largest absolute Gasteiger partial charge is 0.457 e. The van der Waals surface area contributed by atoms with E-state index in [2.05, 4.69) is 41.8 Å². The van der Waals surface area contributed by atoms with Gasteiger partial charge in [0.25, 0.3) is 0 Å². The first kappa shape index (κ1) is 21.8. The number of hydrogen-bond acceptors (Lipinski definition) is 4. The van der Waals surface area contributed by atoms with Gasteiger partial charge in [-0.05, 0) is 64.6 Å². The zero-order valence-corrected chi connectivity index (χ0v) is 20.2. The van der Waals surface area contributed by atoms with Crippen molar-refractivity contribution in [3.05, 3.63) is 91.8 Å². The van der Waals surface area contributed by atoms with Crippen LogP contribution in [0.3, 0.4) is 0 Å². The van der Waals surface area contributed by atoms with Gasteiger partial charge in [-0.25, -0.2) is 4.79 Å². The highest BCUT2D eigenvalue weighted by atomic mass is 127. The lowest BCUT2D eigenvalue weighted by atomic mass is 9.68. The summed E-state index contributed by atoms with van der Waals surface area (Å²) in [7, 11) is 0. The fraction of sp³-hybridized carbons (Fsp3) is 0.308. The van der Waals surface area contributed by atoms with Gasteiger partial charge in [-0.3, -0.25) is 4.79 Å². The average molecular weight is 527 g/mol. The van der Waals surface area contributed by atoms with Gasteiger partial charge in [0, 0.05) is 32.9 Å². The number of ketones is 1. The van der Waals surface area contributed by atoms with Crippen LogP contribution in [0.2, 0.25) is 0 Å². The maximum Gasteiger partial charge on any atom is 0.337 e. The predicted molar refractivity (Wildman–Crippen MR) is 129 cm³/mol. The standard InChI is InChI=1S/C26H26INO3/c1-16-22(25(30)31-15-17-8-5-4-6-9-17)23(18-10-7-11-19(27)12-18)24-20(28-16)13-26(2,3)14-21(24)29/h4-12,23,28H,13-15H2,1-3H3/t23-/m1/s1. The first-order valence-corrected chi connectivity index (χ1v) is 11.5. The van der Waals surface area contributed by atoms with Gasteiger partial charge in [0.15, 0.2) is 5.78 Å². The number of nitrogens with one attached hydrogen (secondary N) is 1. The number of benzene rings is 2. The predicted octanol–water partition coefficient (Wildman–Crippen LogP) is 5.64. The SMILES string of the molecule is CC1=C(C(=O)OCc2ccccc2)[C@@H](c2cccc(I)c2)C2=C(CC(C)(C)CC2=O)N1. The molecule has 0 spiro atoms. The van der Waals surface area contributed by atoms with Gasteiger partial charge < -0.3 is 10.1 Å². The van der Waals surface area contributed by atoms with Gasteiger partial charge in [0.05, 0.1) is 5.57 Å². The molecule has 0 saturated heterocycles. The van der Waals surface area contributed by atoms with Gasteiger partial charge in [-0.2, -0.15) is 0 Å². The zero-order valence-electron chi connectivity index (χ0n) is 18.0. The minimum atomic E-state index is -0.419. The zero-order chi connectivity index (χ0) is 22.2. The highest BCUT2D eigenvalue weighted by Gasteiger charge is 2.43. The van der Waals surface area contributed by atoms with E-state index in [1.54, 1.807) is 0 Å². The van der Waals surface area contributed by atoms with E-state index in [0.29, 0.717) is 17.6 Å². The molecule has 4 nitrogen and oxygen atoms in total. The monoisotopic (exact) mass is 527 g/mol. The van der Waals surface area contributed by atoms with Crippen LogP contribution in [0, 0.1) is 8.99 Å². The van der Waals surface area contributed by atoms with Crippen molar-refractivity contribution in [1.82, 2.24) is 5.32 Å². The lowest BCUT2D eigenvalue weighted by Crippen LogP contribution is -2.38. The molecule has 1 aliphatic heterocycles.